The molecule has 3 rings (SSSR count). The first-order valence-electron chi connectivity index (χ1n) is 7.13. The van der Waals surface area contributed by atoms with Crippen LogP contribution in [-0.2, 0) is 4.74 Å². The smallest absolute Gasteiger partial charge is 0.185 e. The van der Waals surface area contributed by atoms with Crippen molar-refractivity contribution >= 4 is 16.5 Å². The van der Waals surface area contributed by atoms with Gasteiger partial charge in [-0.2, -0.15) is 0 Å². The summed E-state index contributed by atoms with van der Waals surface area (Å²) in [6.07, 6.45) is 1.85. The van der Waals surface area contributed by atoms with E-state index < -0.39 is 5.60 Å². The van der Waals surface area contributed by atoms with Gasteiger partial charge in [0.15, 0.2) is 5.13 Å². The maximum absolute atomic E-state index is 10.6. The highest BCUT2D eigenvalue weighted by Crippen LogP contribution is 2.20. The van der Waals surface area contributed by atoms with Gasteiger partial charge >= 0.3 is 0 Å². The summed E-state index contributed by atoms with van der Waals surface area (Å²) in [6.45, 7) is 7.07. The molecule has 0 spiro atoms. The zero-order chi connectivity index (χ0) is 13.8. The number of thiazole rings is 1. The number of piperazine rings is 1. The quantitative estimate of drug-likeness (QED) is 0.793. The third kappa shape index (κ3) is 3.48. The van der Waals surface area contributed by atoms with E-state index in [2.05, 4.69) is 20.1 Å². The van der Waals surface area contributed by atoms with E-state index in [1.54, 1.807) is 11.3 Å². The minimum Gasteiger partial charge on any atom is -0.385 e. The highest BCUT2D eigenvalue weighted by molar-refractivity contribution is 7.13. The number of aromatic nitrogens is 1. The number of nitrogens with one attached hydrogen (secondary N) is 1. The summed E-state index contributed by atoms with van der Waals surface area (Å²) < 4.78 is 5.47. The molecule has 2 N–H and O–H groups in total. The highest BCUT2D eigenvalue weighted by atomic mass is 32.1. The Bertz CT molecular complexity index is 399. The number of anilines is 1. The molecule has 0 unspecified atom stereocenters. The summed E-state index contributed by atoms with van der Waals surface area (Å²) in [7, 11) is 0. The molecular formula is C13H22N4O2S. The first-order chi connectivity index (χ1) is 9.75. The van der Waals surface area contributed by atoms with Crippen molar-refractivity contribution in [1.82, 2.24) is 15.2 Å². The molecule has 1 aromatic heterocycles. The summed E-state index contributed by atoms with van der Waals surface area (Å²) in [4.78, 5) is 8.99. The van der Waals surface area contributed by atoms with Gasteiger partial charge in [-0.15, -0.1) is 11.3 Å². The Morgan fingerprint density at radius 2 is 2.25 bits per heavy atom. The number of rotatable bonds is 3. The average molecular weight is 298 g/mol. The van der Waals surface area contributed by atoms with Crippen LogP contribution in [-0.4, -0.2) is 79.6 Å². The number of hydrogen-bond donors (Lipinski definition) is 2. The van der Waals surface area contributed by atoms with Gasteiger partial charge < -0.3 is 20.1 Å². The van der Waals surface area contributed by atoms with E-state index >= 15 is 0 Å². The highest BCUT2D eigenvalue weighted by Gasteiger charge is 2.32. The Morgan fingerprint density at radius 3 is 3.00 bits per heavy atom. The second kappa shape index (κ2) is 6.36. The topological polar surface area (TPSA) is 60.9 Å². The Kier molecular flexibility index (Phi) is 4.52. The van der Waals surface area contributed by atoms with Crippen molar-refractivity contribution in [3.05, 3.63) is 11.6 Å². The molecule has 112 valence electrons. The second-order valence-corrected chi connectivity index (χ2v) is 6.40. The summed E-state index contributed by atoms with van der Waals surface area (Å²) in [5.41, 5.74) is -0.764. The van der Waals surface area contributed by atoms with Crippen LogP contribution in [0.3, 0.4) is 0 Å². The Labute approximate surface area is 123 Å². The van der Waals surface area contributed by atoms with Crippen molar-refractivity contribution in [3.8, 4) is 0 Å². The van der Waals surface area contributed by atoms with E-state index in [0.29, 0.717) is 26.3 Å². The van der Waals surface area contributed by atoms with Crippen LogP contribution in [0.4, 0.5) is 5.13 Å². The zero-order valence-corrected chi connectivity index (χ0v) is 12.4. The molecule has 0 radical (unpaired) electrons. The summed E-state index contributed by atoms with van der Waals surface area (Å²) >= 11 is 1.69. The van der Waals surface area contributed by atoms with Gasteiger partial charge in [-0.3, -0.25) is 4.90 Å². The fourth-order valence-corrected chi connectivity index (χ4v) is 3.46. The Morgan fingerprint density at radius 1 is 1.40 bits per heavy atom. The van der Waals surface area contributed by atoms with Crippen LogP contribution >= 0.6 is 11.3 Å². The number of nitrogens with zero attached hydrogens (tertiary/aromatic N) is 3. The van der Waals surface area contributed by atoms with Gasteiger partial charge in [0.2, 0.25) is 0 Å². The Hall–Kier alpha value is -0.730. The monoisotopic (exact) mass is 298 g/mol. The van der Waals surface area contributed by atoms with Crippen LogP contribution in [0.25, 0.3) is 0 Å². The predicted octanol–water partition coefficient (Wildman–Crippen LogP) is -0.384. The fourth-order valence-electron chi connectivity index (χ4n) is 2.77. The lowest BCUT2D eigenvalue weighted by Crippen LogP contribution is -2.56. The van der Waals surface area contributed by atoms with Crippen molar-refractivity contribution in [1.29, 1.82) is 0 Å². The predicted molar refractivity (Wildman–Crippen MR) is 79.4 cm³/mol. The first-order valence-corrected chi connectivity index (χ1v) is 8.01. The molecule has 20 heavy (non-hydrogen) atoms. The van der Waals surface area contributed by atoms with E-state index in [1.165, 1.54) is 0 Å². The molecule has 3 heterocycles. The van der Waals surface area contributed by atoms with Gasteiger partial charge in [0.1, 0.15) is 5.60 Å². The molecule has 0 aromatic carbocycles. The molecule has 2 aliphatic rings. The van der Waals surface area contributed by atoms with E-state index in [0.717, 1.165) is 37.9 Å². The van der Waals surface area contributed by atoms with Crippen molar-refractivity contribution in [3.63, 3.8) is 0 Å². The molecule has 6 nitrogen and oxygen atoms in total. The Balaban J connectivity index is 1.50. The van der Waals surface area contributed by atoms with Gasteiger partial charge in [-0.1, -0.05) is 0 Å². The molecule has 0 amide bonds. The summed E-state index contributed by atoms with van der Waals surface area (Å²) in [5, 5.41) is 17.0. The minimum atomic E-state index is -0.764. The number of aliphatic hydroxyl groups is 1. The van der Waals surface area contributed by atoms with Crippen LogP contribution in [0.5, 0.6) is 0 Å². The molecule has 7 heteroatoms. The zero-order valence-electron chi connectivity index (χ0n) is 11.6. The minimum absolute atomic E-state index is 0.423. The normalized spacial score (nSPS) is 29.4. The van der Waals surface area contributed by atoms with Crippen molar-refractivity contribution < 1.29 is 9.84 Å². The molecule has 2 aliphatic heterocycles. The molecular weight excluding hydrogens is 276 g/mol. The molecule has 0 aliphatic carbocycles. The van der Waals surface area contributed by atoms with Gasteiger partial charge in [0, 0.05) is 57.4 Å². The van der Waals surface area contributed by atoms with Crippen LogP contribution < -0.4 is 10.2 Å². The molecule has 1 atom stereocenters. The second-order valence-electron chi connectivity index (χ2n) is 5.53. The average Bonchev–Trinajstić information content (AvgIpc) is 2.90. The van der Waals surface area contributed by atoms with Crippen LogP contribution in [0.2, 0.25) is 0 Å². The fraction of sp³-hybridized carbons (Fsp3) is 0.769. The van der Waals surface area contributed by atoms with Crippen LogP contribution in [0.15, 0.2) is 11.6 Å². The maximum Gasteiger partial charge on any atom is 0.185 e. The third-order valence-corrected chi connectivity index (χ3v) is 4.66. The number of hydrogen-bond acceptors (Lipinski definition) is 7. The SMILES string of the molecule is O[C@@]1(CN2CCN(c3nccs3)CC2)CNCCOC1. The van der Waals surface area contributed by atoms with E-state index in [1.807, 2.05) is 11.6 Å². The van der Waals surface area contributed by atoms with Gasteiger partial charge in [0.05, 0.1) is 13.2 Å². The van der Waals surface area contributed by atoms with Crippen molar-refractivity contribution in [2.75, 3.05) is 63.9 Å². The maximum atomic E-state index is 10.6. The van der Waals surface area contributed by atoms with Gasteiger partial charge in [0.25, 0.3) is 0 Å². The molecule has 2 saturated heterocycles. The molecule has 1 aromatic rings. The molecule has 0 bridgehead atoms. The van der Waals surface area contributed by atoms with Crippen molar-refractivity contribution in [2.45, 2.75) is 5.60 Å². The van der Waals surface area contributed by atoms with Crippen molar-refractivity contribution in [2.24, 2.45) is 0 Å². The third-order valence-electron chi connectivity index (χ3n) is 3.83. The first kappa shape index (κ1) is 14.2. The lowest BCUT2D eigenvalue weighted by molar-refractivity contribution is -0.0495. The largest absolute Gasteiger partial charge is 0.385 e. The lowest BCUT2D eigenvalue weighted by Gasteiger charge is -2.38. The van der Waals surface area contributed by atoms with E-state index in [-0.39, 0.29) is 0 Å². The van der Waals surface area contributed by atoms with Gasteiger partial charge in [-0.25, -0.2) is 4.98 Å². The van der Waals surface area contributed by atoms with Crippen LogP contribution in [0, 0.1) is 0 Å². The summed E-state index contributed by atoms with van der Waals surface area (Å²) in [6, 6.07) is 0. The van der Waals surface area contributed by atoms with Crippen LogP contribution in [0.1, 0.15) is 0 Å². The van der Waals surface area contributed by atoms with E-state index in [4.69, 9.17) is 4.74 Å². The summed E-state index contributed by atoms with van der Waals surface area (Å²) in [5.74, 6) is 0. The lowest BCUT2D eigenvalue weighted by atomic mass is 10.0. The van der Waals surface area contributed by atoms with E-state index in [9.17, 15) is 5.11 Å². The molecule has 0 saturated carbocycles. The number of β-amino-alcohol motifs (C(OH)–C–C–N with tert-alkyl or cyclic N) is 1. The molecule has 2 fully saturated rings. The standard InChI is InChI=1S/C13H22N4O2S/c18-13(9-14-1-7-19-11-13)10-16-3-5-17(6-4-16)12-15-2-8-20-12/h2,8,14,18H,1,3-7,9-11H2/t13-/m1/s1. The number of ether oxygens (including phenoxy) is 1. The van der Waals surface area contributed by atoms with Gasteiger partial charge in [-0.05, 0) is 0 Å².